The molecule has 15 heavy (non-hydrogen) atoms. The van der Waals surface area contributed by atoms with Crippen LogP contribution in [0.1, 0.15) is 21.5 Å². The van der Waals surface area contributed by atoms with Gasteiger partial charge in [-0.1, -0.05) is 0 Å². The zero-order valence-electron chi connectivity index (χ0n) is 8.08. The molecule has 0 spiro atoms. The third-order valence-electron chi connectivity index (χ3n) is 1.91. The van der Waals surface area contributed by atoms with E-state index >= 15 is 0 Å². The van der Waals surface area contributed by atoms with E-state index in [-0.39, 0.29) is 6.54 Å². The molecule has 1 aromatic rings. The SMILES string of the molecule is COC(=O)c1cc(C#N)c(Br)c(CN)c1. The summed E-state index contributed by atoms with van der Waals surface area (Å²) >= 11 is 3.25. The van der Waals surface area contributed by atoms with Crippen molar-refractivity contribution in [2.24, 2.45) is 5.73 Å². The standard InChI is InChI=1S/C10H9BrN2O2/c1-15-10(14)6-2-7(4-12)9(11)8(3-6)5-13/h2-3H,4,12H2,1H3. The number of nitrogens with zero attached hydrogens (tertiary/aromatic N) is 1. The van der Waals surface area contributed by atoms with Crippen LogP contribution in [0, 0.1) is 11.3 Å². The van der Waals surface area contributed by atoms with Crippen molar-refractivity contribution >= 4 is 21.9 Å². The van der Waals surface area contributed by atoms with Crippen LogP contribution in [0.2, 0.25) is 0 Å². The second-order valence-electron chi connectivity index (χ2n) is 2.80. The lowest BCUT2D eigenvalue weighted by atomic mass is 10.1. The molecule has 0 aromatic heterocycles. The van der Waals surface area contributed by atoms with Gasteiger partial charge in [0, 0.05) is 11.0 Å². The Morgan fingerprint density at radius 3 is 2.80 bits per heavy atom. The summed E-state index contributed by atoms with van der Waals surface area (Å²) in [6.07, 6.45) is 0. The highest BCUT2D eigenvalue weighted by Crippen LogP contribution is 2.23. The van der Waals surface area contributed by atoms with E-state index in [1.165, 1.54) is 13.2 Å². The molecule has 2 N–H and O–H groups in total. The van der Waals surface area contributed by atoms with E-state index in [9.17, 15) is 4.79 Å². The number of hydrogen-bond acceptors (Lipinski definition) is 4. The Bertz CT molecular complexity index is 438. The number of nitriles is 1. The lowest BCUT2D eigenvalue weighted by molar-refractivity contribution is 0.0600. The lowest BCUT2D eigenvalue weighted by Gasteiger charge is -2.06. The Morgan fingerprint density at radius 2 is 2.33 bits per heavy atom. The predicted octanol–water partition coefficient (Wildman–Crippen LogP) is 1.57. The van der Waals surface area contributed by atoms with E-state index in [1.807, 2.05) is 6.07 Å². The van der Waals surface area contributed by atoms with Crippen LogP contribution in [0.3, 0.4) is 0 Å². The molecule has 4 nitrogen and oxygen atoms in total. The van der Waals surface area contributed by atoms with Crippen molar-refractivity contribution in [3.8, 4) is 6.07 Å². The first-order valence-corrected chi connectivity index (χ1v) is 4.94. The maximum absolute atomic E-state index is 11.3. The molecular formula is C10H9BrN2O2. The largest absolute Gasteiger partial charge is 0.465 e. The zero-order chi connectivity index (χ0) is 11.4. The minimum Gasteiger partial charge on any atom is -0.465 e. The molecule has 5 heteroatoms. The second kappa shape index (κ2) is 4.91. The number of carbonyl (C=O) groups excluding carboxylic acids is 1. The predicted molar refractivity (Wildman–Crippen MR) is 58.1 cm³/mol. The van der Waals surface area contributed by atoms with E-state index < -0.39 is 5.97 Å². The van der Waals surface area contributed by atoms with Gasteiger partial charge in [-0.3, -0.25) is 0 Å². The summed E-state index contributed by atoms with van der Waals surface area (Å²) in [5, 5.41) is 8.84. The Hall–Kier alpha value is -1.38. The van der Waals surface area contributed by atoms with Crippen LogP contribution in [-0.4, -0.2) is 13.1 Å². The number of carbonyl (C=O) groups is 1. The molecule has 0 saturated carbocycles. The summed E-state index contributed by atoms with van der Waals surface area (Å²) in [7, 11) is 1.29. The summed E-state index contributed by atoms with van der Waals surface area (Å²) in [5.41, 5.74) is 6.90. The van der Waals surface area contributed by atoms with E-state index in [0.717, 1.165) is 0 Å². The average Bonchev–Trinajstić information content (AvgIpc) is 2.28. The number of nitrogens with two attached hydrogens (primary N) is 1. The van der Waals surface area contributed by atoms with Crippen LogP contribution in [0.25, 0.3) is 0 Å². The van der Waals surface area contributed by atoms with Crippen molar-refractivity contribution in [3.63, 3.8) is 0 Å². The molecule has 1 aromatic carbocycles. The summed E-state index contributed by atoms with van der Waals surface area (Å²) in [4.78, 5) is 11.3. The monoisotopic (exact) mass is 268 g/mol. The topological polar surface area (TPSA) is 76.1 Å². The number of hydrogen-bond donors (Lipinski definition) is 1. The number of methoxy groups -OCH3 is 1. The molecule has 0 bridgehead atoms. The van der Waals surface area contributed by atoms with Crippen molar-refractivity contribution in [2.45, 2.75) is 6.54 Å². The van der Waals surface area contributed by atoms with Gasteiger partial charge in [-0.05, 0) is 33.6 Å². The summed E-state index contributed by atoms with van der Waals surface area (Å²) in [6.45, 7) is 0.250. The highest BCUT2D eigenvalue weighted by molar-refractivity contribution is 9.10. The molecule has 0 fully saturated rings. The van der Waals surface area contributed by atoms with E-state index in [2.05, 4.69) is 20.7 Å². The van der Waals surface area contributed by atoms with Gasteiger partial charge in [0.15, 0.2) is 0 Å². The van der Waals surface area contributed by atoms with Gasteiger partial charge >= 0.3 is 5.97 Å². The first kappa shape index (κ1) is 11.7. The normalized spacial score (nSPS) is 9.47. The highest BCUT2D eigenvalue weighted by Gasteiger charge is 2.12. The molecule has 0 heterocycles. The Balaban J connectivity index is 3.34. The molecule has 0 amide bonds. The van der Waals surface area contributed by atoms with E-state index in [0.29, 0.717) is 21.2 Å². The molecule has 78 valence electrons. The van der Waals surface area contributed by atoms with Crippen molar-refractivity contribution < 1.29 is 9.53 Å². The Kier molecular flexibility index (Phi) is 3.83. The molecule has 0 unspecified atom stereocenters. The number of rotatable bonds is 2. The summed E-state index contributed by atoms with van der Waals surface area (Å²) in [6, 6.07) is 5.05. The maximum Gasteiger partial charge on any atom is 0.337 e. The van der Waals surface area contributed by atoms with Crippen LogP contribution in [-0.2, 0) is 11.3 Å². The Labute approximate surface area is 95.8 Å². The highest BCUT2D eigenvalue weighted by atomic mass is 79.9. The van der Waals surface area contributed by atoms with Gasteiger partial charge < -0.3 is 10.5 Å². The fraction of sp³-hybridized carbons (Fsp3) is 0.200. The van der Waals surface area contributed by atoms with Gasteiger partial charge in [0.05, 0.1) is 18.2 Å². The Morgan fingerprint density at radius 1 is 1.67 bits per heavy atom. The quantitative estimate of drug-likeness (QED) is 0.827. The molecule has 0 atom stereocenters. The molecule has 0 aliphatic rings. The van der Waals surface area contributed by atoms with Crippen LogP contribution in [0.15, 0.2) is 16.6 Å². The van der Waals surface area contributed by atoms with Crippen LogP contribution < -0.4 is 5.73 Å². The summed E-state index contributed by atoms with van der Waals surface area (Å²) < 4.78 is 5.20. The lowest BCUT2D eigenvalue weighted by Crippen LogP contribution is -2.06. The van der Waals surface area contributed by atoms with Crippen molar-refractivity contribution in [1.82, 2.24) is 0 Å². The van der Waals surface area contributed by atoms with Gasteiger partial charge in [0.1, 0.15) is 6.07 Å². The van der Waals surface area contributed by atoms with Gasteiger partial charge in [-0.25, -0.2) is 4.79 Å². The third kappa shape index (κ3) is 2.35. The molecule has 0 aliphatic heterocycles. The van der Waals surface area contributed by atoms with Crippen LogP contribution in [0.5, 0.6) is 0 Å². The van der Waals surface area contributed by atoms with Gasteiger partial charge in [0.2, 0.25) is 0 Å². The van der Waals surface area contributed by atoms with Crippen LogP contribution in [0.4, 0.5) is 0 Å². The van der Waals surface area contributed by atoms with Crippen molar-refractivity contribution in [2.75, 3.05) is 7.11 Å². The van der Waals surface area contributed by atoms with E-state index in [1.54, 1.807) is 6.07 Å². The van der Waals surface area contributed by atoms with E-state index in [4.69, 9.17) is 11.0 Å². The first-order valence-electron chi connectivity index (χ1n) is 4.15. The summed E-state index contributed by atoms with van der Waals surface area (Å²) in [5.74, 6) is -0.478. The van der Waals surface area contributed by atoms with Gasteiger partial charge in [-0.15, -0.1) is 0 Å². The minimum absolute atomic E-state index is 0.250. The second-order valence-corrected chi connectivity index (χ2v) is 3.60. The van der Waals surface area contributed by atoms with Crippen molar-refractivity contribution in [3.05, 3.63) is 33.3 Å². The first-order chi connectivity index (χ1) is 7.13. The average molecular weight is 269 g/mol. The number of esters is 1. The zero-order valence-corrected chi connectivity index (χ0v) is 9.67. The third-order valence-corrected chi connectivity index (χ3v) is 2.85. The van der Waals surface area contributed by atoms with Crippen LogP contribution >= 0.6 is 15.9 Å². The molecular weight excluding hydrogens is 260 g/mol. The molecule has 1 rings (SSSR count). The minimum atomic E-state index is -0.478. The molecule has 0 aliphatic carbocycles. The molecule has 0 saturated heterocycles. The fourth-order valence-electron chi connectivity index (χ4n) is 1.15. The fourth-order valence-corrected chi connectivity index (χ4v) is 1.63. The van der Waals surface area contributed by atoms with Gasteiger partial charge in [-0.2, -0.15) is 5.26 Å². The number of ether oxygens (including phenoxy) is 1. The molecule has 0 radical (unpaired) electrons. The smallest absolute Gasteiger partial charge is 0.337 e. The number of halogens is 1. The number of benzene rings is 1. The maximum atomic E-state index is 11.3. The van der Waals surface area contributed by atoms with Crippen molar-refractivity contribution in [1.29, 1.82) is 5.26 Å². The van der Waals surface area contributed by atoms with Gasteiger partial charge in [0.25, 0.3) is 0 Å².